The maximum atomic E-state index is 12.5. The summed E-state index contributed by atoms with van der Waals surface area (Å²) in [6, 6.07) is 13.8. The van der Waals surface area contributed by atoms with Crippen LogP contribution in [0.4, 0.5) is 0 Å². The SMILES string of the molecule is O=C(CCc1cn(-c2ccc(-n3ccccc3=O)cc2OCc2nccn2Cc2ncc[nH]2)nn1)c1ccc(Cl)s1. The highest BCUT2D eigenvalue weighted by atomic mass is 35.5. The highest BCUT2D eigenvalue weighted by molar-refractivity contribution is 7.18. The van der Waals surface area contributed by atoms with E-state index in [0.717, 1.165) is 5.82 Å². The molecule has 0 unspecified atom stereocenters. The van der Waals surface area contributed by atoms with Crippen LogP contribution in [0.1, 0.15) is 33.4 Å². The summed E-state index contributed by atoms with van der Waals surface area (Å²) in [6.07, 6.45) is 11.2. The predicted molar refractivity (Wildman–Crippen MR) is 153 cm³/mol. The zero-order valence-corrected chi connectivity index (χ0v) is 23.1. The molecule has 206 valence electrons. The second-order valence-corrected chi connectivity index (χ2v) is 10.8. The maximum absolute atomic E-state index is 12.5. The Bertz CT molecular complexity index is 1850. The van der Waals surface area contributed by atoms with Crippen molar-refractivity contribution in [2.75, 3.05) is 0 Å². The van der Waals surface area contributed by atoms with E-state index in [9.17, 15) is 9.59 Å². The molecular weight excluding hydrogens is 564 g/mol. The molecule has 0 spiro atoms. The van der Waals surface area contributed by atoms with Crippen molar-refractivity contribution in [2.45, 2.75) is 26.0 Å². The molecule has 1 aromatic carbocycles. The number of aromatic nitrogens is 8. The molecule has 0 amide bonds. The predicted octanol–water partition coefficient (Wildman–Crippen LogP) is 4.50. The second-order valence-electron chi connectivity index (χ2n) is 9.04. The molecule has 6 aromatic rings. The van der Waals surface area contributed by atoms with Crippen LogP contribution in [0.3, 0.4) is 0 Å². The van der Waals surface area contributed by atoms with Gasteiger partial charge in [-0.15, -0.1) is 16.4 Å². The van der Waals surface area contributed by atoms with Crippen LogP contribution in [-0.4, -0.2) is 44.9 Å². The number of rotatable bonds is 11. The number of thiophene rings is 1. The van der Waals surface area contributed by atoms with Crippen molar-refractivity contribution in [2.24, 2.45) is 0 Å². The van der Waals surface area contributed by atoms with E-state index >= 15 is 0 Å². The molecule has 0 saturated heterocycles. The first-order valence-electron chi connectivity index (χ1n) is 12.7. The fourth-order valence-electron chi connectivity index (χ4n) is 4.27. The van der Waals surface area contributed by atoms with E-state index in [0.29, 0.717) is 50.8 Å². The molecular formula is C28H23ClN8O3S. The highest BCUT2D eigenvalue weighted by Gasteiger charge is 2.15. The number of benzene rings is 1. The molecule has 0 aliphatic rings. The van der Waals surface area contributed by atoms with Gasteiger partial charge in [-0.2, -0.15) is 0 Å². The number of nitrogens with zero attached hydrogens (tertiary/aromatic N) is 7. The second kappa shape index (κ2) is 11.7. The van der Waals surface area contributed by atoms with Gasteiger partial charge in [-0.3, -0.25) is 14.2 Å². The number of aromatic amines is 1. The number of ketones is 1. The standard InChI is InChI=1S/C28H23ClN8O3S/c29-25-9-8-24(41-25)22(38)7-4-19-16-37(34-33-19)21-6-5-20(36-13-2-1-3-28(36)39)15-23(21)40-18-27-32-12-14-35(27)17-26-30-10-11-31-26/h1-3,5-6,8-16H,4,7,17-18H2,(H,30,31). The van der Waals surface area contributed by atoms with Crippen molar-refractivity contribution in [3.63, 3.8) is 0 Å². The lowest BCUT2D eigenvalue weighted by molar-refractivity contribution is 0.0986. The Labute approximate surface area is 242 Å². The molecule has 5 aromatic heterocycles. The Morgan fingerprint density at radius 2 is 2.00 bits per heavy atom. The lowest BCUT2D eigenvalue weighted by Crippen LogP contribution is -2.16. The van der Waals surface area contributed by atoms with Crippen LogP contribution in [0.15, 0.2) is 90.5 Å². The van der Waals surface area contributed by atoms with Crippen LogP contribution in [0.5, 0.6) is 5.75 Å². The molecule has 0 bridgehead atoms. The molecule has 6 rings (SSSR count). The number of aryl methyl sites for hydroxylation is 1. The Morgan fingerprint density at radius 1 is 1.07 bits per heavy atom. The van der Waals surface area contributed by atoms with E-state index in [4.69, 9.17) is 16.3 Å². The van der Waals surface area contributed by atoms with E-state index in [1.165, 1.54) is 22.0 Å². The van der Waals surface area contributed by atoms with Gasteiger partial charge in [0.05, 0.1) is 33.3 Å². The van der Waals surface area contributed by atoms with Gasteiger partial charge in [-0.1, -0.05) is 22.9 Å². The van der Waals surface area contributed by atoms with Gasteiger partial charge in [0.2, 0.25) is 0 Å². The molecule has 13 heteroatoms. The molecule has 0 saturated carbocycles. The number of hydrogen-bond donors (Lipinski definition) is 1. The Kier molecular flexibility index (Phi) is 7.56. The number of ether oxygens (including phenoxy) is 1. The number of carbonyl (C=O) groups is 1. The summed E-state index contributed by atoms with van der Waals surface area (Å²) < 4.78 is 11.9. The summed E-state index contributed by atoms with van der Waals surface area (Å²) in [6.45, 7) is 0.675. The van der Waals surface area contributed by atoms with Crippen molar-refractivity contribution in [3.8, 4) is 17.1 Å². The molecule has 11 nitrogen and oxygen atoms in total. The van der Waals surface area contributed by atoms with Gasteiger partial charge in [0.1, 0.15) is 29.7 Å². The summed E-state index contributed by atoms with van der Waals surface area (Å²) in [5.74, 6) is 1.97. The van der Waals surface area contributed by atoms with Crippen molar-refractivity contribution in [1.29, 1.82) is 0 Å². The van der Waals surface area contributed by atoms with Crippen molar-refractivity contribution in [3.05, 3.63) is 123 Å². The Morgan fingerprint density at radius 3 is 2.80 bits per heavy atom. The molecule has 0 radical (unpaired) electrons. The van der Waals surface area contributed by atoms with Gasteiger partial charge >= 0.3 is 0 Å². The number of nitrogens with one attached hydrogen (secondary N) is 1. The fraction of sp³-hybridized carbons (Fsp3) is 0.143. The third kappa shape index (κ3) is 6.03. The van der Waals surface area contributed by atoms with E-state index < -0.39 is 0 Å². The minimum atomic E-state index is -0.167. The molecule has 0 aliphatic heterocycles. The monoisotopic (exact) mass is 586 g/mol. The Balaban J connectivity index is 1.25. The smallest absolute Gasteiger partial charge is 0.255 e. The first-order chi connectivity index (χ1) is 20.0. The van der Waals surface area contributed by atoms with Crippen LogP contribution >= 0.6 is 22.9 Å². The third-order valence-electron chi connectivity index (χ3n) is 6.32. The molecule has 0 fully saturated rings. The highest BCUT2D eigenvalue weighted by Crippen LogP contribution is 2.27. The minimum Gasteiger partial charge on any atom is -0.483 e. The van der Waals surface area contributed by atoms with Gasteiger partial charge in [0.25, 0.3) is 5.56 Å². The molecule has 0 aliphatic carbocycles. The molecule has 0 atom stereocenters. The maximum Gasteiger partial charge on any atom is 0.255 e. The van der Waals surface area contributed by atoms with Gasteiger partial charge in [-0.25, -0.2) is 14.6 Å². The van der Waals surface area contributed by atoms with Crippen LogP contribution in [0, 0.1) is 0 Å². The first kappa shape index (κ1) is 26.4. The van der Waals surface area contributed by atoms with Gasteiger partial charge in [0.15, 0.2) is 5.78 Å². The number of carbonyl (C=O) groups excluding carboxylic acids is 1. The summed E-state index contributed by atoms with van der Waals surface area (Å²) in [5.41, 5.74) is 1.75. The first-order valence-corrected chi connectivity index (χ1v) is 13.9. The third-order valence-corrected chi connectivity index (χ3v) is 7.59. The van der Waals surface area contributed by atoms with Crippen molar-refractivity contribution in [1.82, 2.24) is 39.1 Å². The van der Waals surface area contributed by atoms with E-state index in [1.807, 2.05) is 22.9 Å². The summed E-state index contributed by atoms with van der Waals surface area (Å²) in [5, 5.41) is 8.55. The number of halogens is 1. The van der Waals surface area contributed by atoms with Crippen LogP contribution in [-0.2, 0) is 19.6 Å². The lowest BCUT2D eigenvalue weighted by Gasteiger charge is -2.14. The Hall–Kier alpha value is -4.81. The minimum absolute atomic E-state index is 0.00294. The number of Topliss-reactive ketones (excluding diaryl/α,β-unsaturated/α-hetero) is 1. The lowest BCUT2D eigenvalue weighted by atomic mass is 10.1. The quantitative estimate of drug-likeness (QED) is 0.222. The van der Waals surface area contributed by atoms with E-state index in [2.05, 4.69) is 25.3 Å². The molecule has 41 heavy (non-hydrogen) atoms. The number of H-pyrrole nitrogens is 1. The topological polar surface area (TPSA) is 126 Å². The fourth-order valence-corrected chi connectivity index (χ4v) is 5.28. The van der Waals surface area contributed by atoms with E-state index in [1.54, 1.807) is 66.0 Å². The van der Waals surface area contributed by atoms with Gasteiger partial charge in [-0.05, 0) is 30.3 Å². The number of pyridine rings is 1. The van der Waals surface area contributed by atoms with Crippen LogP contribution in [0.2, 0.25) is 4.34 Å². The van der Waals surface area contributed by atoms with Gasteiger partial charge in [0, 0.05) is 56.0 Å². The van der Waals surface area contributed by atoms with Gasteiger partial charge < -0.3 is 14.3 Å². The van der Waals surface area contributed by atoms with Crippen LogP contribution < -0.4 is 10.3 Å². The van der Waals surface area contributed by atoms with Crippen LogP contribution in [0.25, 0.3) is 11.4 Å². The zero-order valence-electron chi connectivity index (χ0n) is 21.6. The average molecular weight is 587 g/mol. The normalized spacial score (nSPS) is 11.1. The number of hydrogen-bond acceptors (Lipinski definition) is 8. The summed E-state index contributed by atoms with van der Waals surface area (Å²) in [7, 11) is 0. The van der Waals surface area contributed by atoms with E-state index in [-0.39, 0.29) is 24.4 Å². The largest absolute Gasteiger partial charge is 0.483 e. The number of imidazole rings is 2. The zero-order chi connectivity index (χ0) is 28.2. The van der Waals surface area contributed by atoms with Crippen molar-refractivity contribution < 1.29 is 9.53 Å². The van der Waals surface area contributed by atoms with Crippen molar-refractivity contribution >= 4 is 28.7 Å². The summed E-state index contributed by atoms with van der Waals surface area (Å²) in [4.78, 5) is 37.5. The molecule has 1 N–H and O–H groups in total. The molecule has 5 heterocycles. The summed E-state index contributed by atoms with van der Waals surface area (Å²) >= 11 is 7.23. The average Bonchev–Trinajstić information content (AvgIpc) is 3.80.